The number of carbonyl (C=O) groups is 2. The molecule has 33 heavy (non-hydrogen) atoms. The topological polar surface area (TPSA) is 43.9 Å². The first kappa shape index (κ1) is 22.3. The predicted octanol–water partition coefficient (Wildman–Crippen LogP) is 5.18. The van der Waals surface area contributed by atoms with Crippen LogP contribution in [0.5, 0.6) is 0 Å². The van der Waals surface area contributed by atoms with Gasteiger partial charge < -0.3 is 9.80 Å². The average molecular weight is 440 g/mol. The highest BCUT2D eigenvalue weighted by molar-refractivity contribution is 6.46. The van der Waals surface area contributed by atoms with E-state index in [9.17, 15) is 9.59 Å². The van der Waals surface area contributed by atoms with Crippen LogP contribution in [0.15, 0.2) is 78.5 Å². The molecular weight excluding hydrogens is 410 g/mol. The van der Waals surface area contributed by atoms with E-state index in [1.54, 1.807) is 0 Å². The van der Waals surface area contributed by atoms with Gasteiger partial charge in [0.25, 0.3) is 11.8 Å². The maximum absolute atomic E-state index is 13.9. The fraction of sp³-hybridized carbons (Fsp3) is 0.214. The van der Waals surface area contributed by atoms with Crippen molar-refractivity contribution in [2.24, 2.45) is 0 Å². The Labute approximate surface area is 195 Å². The molecule has 0 fully saturated rings. The zero-order valence-electron chi connectivity index (χ0n) is 19.8. The largest absolute Gasteiger partial charge is 0.378 e. The predicted molar refractivity (Wildman–Crippen MR) is 136 cm³/mol. The molecule has 0 N–H and O–H groups in total. The molecule has 0 saturated heterocycles. The van der Waals surface area contributed by atoms with Crippen LogP contribution in [0.1, 0.15) is 23.6 Å². The quantitative estimate of drug-likeness (QED) is 0.497. The highest BCUT2D eigenvalue weighted by Crippen LogP contribution is 2.37. The summed E-state index contributed by atoms with van der Waals surface area (Å²) >= 11 is 0. The van der Waals surface area contributed by atoms with E-state index in [4.69, 9.17) is 0 Å². The minimum atomic E-state index is -0.310. The molecule has 0 aromatic heterocycles. The van der Waals surface area contributed by atoms with Gasteiger partial charge in [0.15, 0.2) is 0 Å². The van der Waals surface area contributed by atoms with Crippen molar-refractivity contribution in [3.05, 3.63) is 95.2 Å². The van der Waals surface area contributed by atoms with Crippen molar-refractivity contribution in [2.75, 3.05) is 35.3 Å². The van der Waals surface area contributed by atoms with Crippen LogP contribution >= 0.6 is 0 Å². The summed E-state index contributed by atoms with van der Waals surface area (Å²) in [5.74, 6) is -0.613. The van der Waals surface area contributed by atoms with E-state index in [1.165, 1.54) is 4.90 Å². The van der Waals surface area contributed by atoms with Gasteiger partial charge in [0.1, 0.15) is 5.70 Å². The van der Waals surface area contributed by atoms with Crippen LogP contribution in [0.4, 0.5) is 17.1 Å². The zero-order valence-corrected chi connectivity index (χ0v) is 19.8. The van der Waals surface area contributed by atoms with Gasteiger partial charge in [-0.2, -0.15) is 0 Å². The molecular formula is C28H29N3O2. The van der Waals surface area contributed by atoms with Gasteiger partial charge in [-0.05, 0) is 67.8 Å². The lowest BCUT2D eigenvalue weighted by molar-refractivity contribution is -0.120. The Bertz CT molecular complexity index is 1250. The Hall–Kier alpha value is -3.86. The van der Waals surface area contributed by atoms with Gasteiger partial charge in [-0.1, -0.05) is 42.5 Å². The van der Waals surface area contributed by atoms with E-state index < -0.39 is 0 Å². The number of imide groups is 1. The normalized spacial score (nSPS) is 13.7. The Morgan fingerprint density at radius 2 is 1.45 bits per heavy atom. The monoisotopic (exact) mass is 439 g/mol. The molecule has 0 spiro atoms. The number of benzene rings is 3. The molecule has 0 radical (unpaired) electrons. The average Bonchev–Trinajstić information content (AvgIpc) is 3.07. The summed E-state index contributed by atoms with van der Waals surface area (Å²) < 4.78 is 0. The second-order valence-electron chi connectivity index (χ2n) is 8.46. The number of aryl methyl sites for hydroxylation is 2. The number of hydrogen-bond acceptors (Lipinski definition) is 4. The van der Waals surface area contributed by atoms with E-state index in [-0.39, 0.29) is 11.8 Å². The summed E-state index contributed by atoms with van der Waals surface area (Å²) in [6.07, 6.45) is 0. The molecule has 3 aromatic carbocycles. The first-order valence-corrected chi connectivity index (χ1v) is 11.1. The number of carbonyl (C=O) groups excluding carboxylic acids is 2. The number of nitrogens with zero attached hydrogens (tertiary/aromatic N) is 3. The van der Waals surface area contributed by atoms with E-state index in [0.717, 1.165) is 28.1 Å². The third-order valence-corrected chi connectivity index (χ3v) is 6.11. The van der Waals surface area contributed by atoms with Crippen molar-refractivity contribution in [1.82, 2.24) is 0 Å². The Morgan fingerprint density at radius 3 is 2.09 bits per heavy atom. The fourth-order valence-corrected chi connectivity index (χ4v) is 4.15. The number of para-hydroxylation sites is 1. The van der Waals surface area contributed by atoms with Crippen LogP contribution in [-0.2, 0) is 9.59 Å². The molecule has 168 valence electrons. The lowest BCUT2D eigenvalue weighted by Gasteiger charge is -2.25. The smallest absolute Gasteiger partial charge is 0.282 e. The molecule has 1 heterocycles. The van der Waals surface area contributed by atoms with Gasteiger partial charge in [-0.25, -0.2) is 4.90 Å². The number of anilines is 3. The lowest BCUT2D eigenvalue weighted by atomic mass is 9.99. The van der Waals surface area contributed by atoms with Gasteiger partial charge >= 0.3 is 0 Å². The second-order valence-corrected chi connectivity index (χ2v) is 8.46. The van der Waals surface area contributed by atoms with Crippen molar-refractivity contribution in [3.63, 3.8) is 0 Å². The van der Waals surface area contributed by atoms with Crippen molar-refractivity contribution >= 4 is 34.4 Å². The Kier molecular flexibility index (Phi) is 6.05. The Morgan fingerprint density at radius 1 is 0.758 bits per heavy atom. The van der Waals surface area contributed by atoms with Crippen LogP contribution in [0, 0.1) is 13.8 Å². The Balaban J connectivity index is 1.91. The first-order valence-electron chi connectivity index (χ1n) is 11.1. The van der Waals surface area contributed by atoms with Crippen LogP contribution < -0.4 is 14.7 Å². The SMILES string of the molecule is CCN(C1=C(c2ccc(C)c(C)c2)C(=O)N(c2cccc(N(C)C)c2)C1=O)c1ccccc1. The van der Waals surface area contributed by atoms with Crippen LogP contribution in [0.2, 0.25) is 0 Å². The second kappa shape index (κ2) is 8.94. The highest BCUT2D eigenvalue weighted by atomic mass is 16.2. The molecule has 2 amide bonds. The van der Waals surface area contributed by atoms with E-state index >= 15 is 0 Å². The fourth-order valence-electron chi connectivity index (χ4n) is 4.15. The number of likely N-dealkylation sites (N-methyl/N-ethyl adjacent to an activating group) is 1. The van der Waals surface area contributed by atoms with Crippen LogP contribution in [0.3, 0.4) is 0 Å². The van der Waals surface area contributed by atoms with Crippen molar-refractivity contribution in [2.45, 2.75) is 20.8 Å². The summed E-state index contributed by atoms with van der Waals surface area (Å²) in [5, 5.41) is 0. The maximum atomic E-state index is 13.9. The molecule has 1 aliphatic rings. The molecule has 0 unspecified atom stereocenters. The molecule has 1 aliphatic heterocycles. The number of amides is 2. The standard InChI is InChI=1S/C28H29N3O2/c1-6-30(22-11-8-7-9-12-22)26-25(21-16-15-19(2)20(3)17-21)27(32)31(28(26)33)24-14-10-13-23(18-24)29(4)5/h7-18H,6H2,1-5H3. The number of rotatable bonds is 6. The minimum absolute atomic E-state index is 0.302. The van der Waals surface area contributed by atoms with Gasteiger partial charge in [0.2, 0.25) is 0 Å². The van der Waals surface area contributed by atoms with Gasteiger partial charge in [0.05, 0.1) is 11.3 Å². The first-order chi connectivity index (χ1) is 15.8. The maximum Gasteiger partial charge on any atom is 0.282 e. The van der Waals surface area contributed by atoms with Crippen LogP contribution in [0.25, 0.3) is 5.57 Å². The van der Waals surface area contributed by atoms with Crippen LogP contribution in [-0.4, -0.2) is 32.5 Å². The van der Waals surface area contributed by atoms with E-state index in [0.29, 0.717) is 23.5 Å². The highest BCUT2D eigenvalue weighted by Gasteiger charge is 2.42. The third kappa shape index (κ3) is 4.02. The molecule has 0 aliphatic carbocycles. The van der Waals surface area contributed by atoms with E-state index in [2.05, 4.69) is 0 Å². The minimum Gasteiger partial charge on any atom is -0.378 e. The van der Waals surface area contributed by atoms with Gasteiger partial charge in [-0.15, -0.1) is 0 Å². The lowest BCUT2D eigenvalue weighted by Crippen LogP contribution is -2.35. The molecule has 3 aromatic rings. The summed E-state index contributed by atoms with van der Waals surface area (Å²) in [6, 6.07) is 23.2. The van der Waals surface area contributed by atoms with Crippen molar-refractivity contribution in [1.29, 1.82) is 0 Å². The molecule has 4 rings (SSSR count). The third-order valence-electron chi connectivity index (χ3n) is 6.11. The zero-order chi connectivity index (χ0) is 23.7. The summed E-state index contributed by atoms with van der Waals surface area (Å²) in [6.45, 7) is 6.61. The van der Waals surface area contributed by atoms with Crippen molar-refractivity contribution in [3.8, 4) is 0 Å². The van der Waals surface area contributed by atoms with E-state index in [1.807, 2.05) is 117 Å². The summed E-state index contributed by atoms with van der Waals surface area (Å²) in [4.78, 5) is 33.0. The molecule has 5 heteroatoms. The molecule has 0 bridgehead atoms. The molecule has 0 atom stereocenters. The molecule has 5 nitrogen and oxygen atoms in total. The van der Waals surface area contributed by atoms with Gasteiger partial charge in [0, 0.05) is 32.0 Å². The van der Waals surface area contributed by atoms with Crippen molar-refractivity contribution < 1.29 is 9.59 Å². The summed E-state index contributed by atoms with van der Waals surface area (Å²) in [7, 11) is 3.87. The van der Waals surface area contributed by atoms with Gasteiger partial charge in [-0.3, -0.25) is 9.59 Å². The summed E-state index contributed by atoms with van der Waals surface area (Å²) in [5.41, 5.74) is 6.19. The number of hydrogen-bond donors (Lipinski definition) is 0. The molecule has 0 saturated carbocycles.